The first kappa shape index (κ1) is 31.6. The Bertz CT molecular complexity index is 1700. The molecule has 0 bridgehead atoms. The number of nitrogens with zero attached hydrogens (tertiary/aromatic N) is 3. The number of amides is 1. The molecular weight excluding hydrogens is 618 g/mol. The molecular formula is C33H32ClN3O5S2. The van der Waals surface area contributed by atoms with Crippen LogP contribution in [0.1, 0.15) is 48.6 Å². The number of methoxy groups -OCH3 is 1. The number of hydrogen-bond acceptors (Lipinski definition) is 9. The lowest BCUT2D eigenvalue weighted by molar-refractivity contribution is -0.132. The molecule has 228 valence electrons. The molecule has 1 N–H and O–H groups in total. The minimum Gasteiger partial charge on any atom is -0.507 e. The summed E-state index contributed by atoms with van der Waals surface area (Å²) < 4.78 is 12.2. The van der Waals surface area contributed by atoms with Gasteiger partial charge in [-0.3, -0.25) is 14.5 Å². The molecule has 1 amide bonds. The van der Waals surface area contributed by atoms with E-state index in [1.165, 1.54) is 35.1 Å². The van der Waals surface area contributed by atoms with Crippen LogP contribution in [0.3, 0.4) is 0 Å². The molecule has 5 rings (SSSR count). The molecule has 1 unspecified atom stereocenters. The van der Waals surface area contributed by atoms with Gasteiger partial charge in [0.2, 0.25) is 5.13 Å². The van der Waals surface area contributed by atoms with Crippen molar-refractivity contribution in [3.05, 3.63) is 99.6 Å². The van der Waals surface area contributed by atoms with E-state index in [4.69, 9.17) is 21.1 Å². The number of aliphatic hydroxyl groups is 1. The summed E-state index contributed by atoms with van der Waals surface area (Å²) in [5.74, 6) is 0.121. The molecule has 3 aromatic carbocycles. The smallest absolute Gasteiger partial charge is 0.301 e. The van der Waals surface area contributed by atoms with E-state index in [1.54, 1.807) is 30.3 Å². The third-order valence-electron chi connectivity index (χ3n) is 7.14. The first-order chi connectivity index (χ1) is 21.2. The zero-order valence-corrected chi connectivity index (χ0v) is 27.1. The molecule has 0 saturated carbocycles. The number of rotatable bonds is 11. The maximum Gasteiger partial charge on any atom is 0.301 e. The molecule has 1 fully saturated rings. The second-order valence-corrected chi connectivity index (χ2v) is 13.3. The Balaban J connectivity index is 1.55. The fraction of sp³-hybridized carbons (Fsp3) is 0.273. The Labute approximate surface area is 269 Å². The number of ketones is 1. The molecule has 4 aromatic rings. The Morgan fingerprint density at radius 2 is 1.82 bits per heavy atom. The Hall–Kier alpha value is -3.86. The lowest BCUT2D eigenvalue weighted by Crippen LogP contribution is -2.29. The third kappa shape index (κ3) is 6.77. The standard InChI is InChI=1S/C33H32ClN3O5S2/c1-19(2)15-16-42-25-14-13-22(17-26(25)41-4)28-27(29(38)21-11-9-20(3)10-12-21)30(39)31(40)37(28)32-35-36-33(44-32)43-18-23-7-5-6-8-24(23)34/h5-14,17,19,28,38H,15-16,18H2,1-4H3/b29-27-. The van der Waals surface area contributed by atoms with Crippen molar-refractivity contribution in [2.45, 2.75) is 43.3 Å². The Kier molecular flexibility index (Phi) is 9.93. The highest BCUT2D eigenvalue weighted by Gasteiger charge is 2.48. The molecule has 1 atom stereocenters. The topological polar surface area (TPSA) is 102 Å². The maximum atomic E-state index is 13.6. The summed E-state index contributed by atoms with van der Waals surface area (Å²) in [6.07, 6.45) is 0.871. The fourth-order valence-corrected chi connectivity index (χ4v) is 6.86. The van der Waals surface area contributed by atoms with E-state index in [9.17, 15) is 14.7 Å². The van der Waals surface area contributed by atoms with Crippen LogP contribution in [-0.4, -0.2) is 40.7 Å². The SMILES string of the molecule is COc1cc(C2/C(=C(/O)c3ccc(C)cc3)C(=O)C(=O)N2c2nnc(SCc3ccccc3Cl)s2)ccc1OCCC(C)C. The van der Waals surface area contributed by atoms with Gasteiger partial charge >= 0.3 is 5.91 Å². The van der Waals surface area contributed by atoms with Gasteiger partial charge < -0.3 is 14.6 Å². The predicted molar refractivity (Wildman–Crippen MR) is 175 cm³/mol. The highest BCUT2D eigenvalue weighted by Crippen LogP contribution is 2.45. The quantitative estimate of drug-likeness (QED) is 0.0576. The van der Waals surface area contributed by atoms with Crippen molar-refractivity contribution >= 4 is 57.3 Å². The van der Waals surface area contributed by atoms with Crippen molar-refractivity contribution in [1.29, 1.82) is 0 Å². The third-order valence-corrected chi connectivity index (χ3v) is 9.61. The van der Waals surface area contributed by atoms with Crippen LogP contribution in [0.15, 0.2) is 76.6 Å². The maximum absolute atomic E-state index is 13.6. The zero-order chi connectivity index (χ0) is 31.4. The second kappa shape index (κ2) is 13.8. The van der Waals surface area contributed by atoms with Crippen molar-refractivity contribution in [2.24, 2.45) is 5.92 Å². The summed E-state index contributed by atoms with van der Waals surface area (Å²) in [4.78, 5) is 28.5. The monoisotopic (exact) mass is 649 g/mol. The minimum atomic E-state index is -0.982. The van der Waals surface area contributed by atoms with Gasteiger partial charge in [0, 0.05) is 16.3 Å². The van der Waals surface area contributed by atoms with Gasteiger partial charge in [-0.25, -0.2) is 0 Å². The van der Waals surface area contributed by atoms with Crippen LogP contribution in [0.5, 0.6) is 11.5 Å². The van der Waals surface area contributed by atoms with Crippen LogP contribution in [0.2, 0.25) is 5.02 Å². The van der Waals surface area contributed by atoms with Crippen molar-refractivity contribution in [1.82, 2.24) is 10.2 Å². The predicted octanol–water partition coefficient (Wildman–Crippen LogP) is 7.85. The first-order valence-electron chi connectivity index (χ1n) is 14.1. The van der Waals surface area contributed by atoms with E-state index in [0.717, 1.165) is 17.5 Å². The van der Waals surface area contributed by atoms with Crippen LogP contribution in [0.25, 0.3) is 5.76 Å². The second-order valence-electron chi connectivity index (χ2n) is 10.7. The van der Waals surface area contributed by atoms with Crippen LogP contribution >= 0.6 is 34.7 Å². The van der Waals surface area contributed by atoms with Gasteiger partial charge in [-0.1, -0.05) is 103 Å². The largest absolute Gasteiger partial charge is 0.507 e. The van der Waals surface area contributed by atoms with Gasteiger partial charge in [0.05, 0.1) is 25.3 Å². The molecule has 44 heavy (non-hydrogen) atoms. The van der Waals surface area contributed by atoms with Gasteiger partial charge in [-0.05, 0) is 48.6 Å². The lowest BCUT2D eigenvalue weighted by atomic mass is 9.95. The van der Waals surface area contributed by atoms with E-state index in [1.807, 2.05) is 43.3 Å². The van der Waals surface area contributed by atoms with E-state index in [-0.39, 0.29) is 16.5 Å². The average Bonchev–Trinajstić information content (AvgIpc) is 3.58. The number of carbonyl (C=O) groups is 2. The molecule has 11 heteroatoms. The number of aryl methyl sites for hydroxylation is 1. The van der Waals surface area contributed by atoms with Gasteiger partial charge in [0.1, 0.15) is 5.76 Å². The molecule has 8 nitrogen and oxygen atoms in total. The van der Waals surface area contributed by atoms with Crippen molar-refractivity contribution in [2.75, 3.05) is 18.6 Å². The highest BCUT2D eigenvalue weighted by atomic mass is 35.5. The zero-order valence-electron chi connectivity index (χ0n) is 24.7. The number of aliphatic hydroxyl groups excluding tert-OH is 1. The van der Waals surface area contributed by atoms with E-state index >= 15 is 0 Å². The van der Waals surface area contributed by atoms with Crippen LogP contribution in [0.4, 0.5) is 5.13 Å². The average molecular weight is 650 g/mol. The number of Topliss-reactive ketones (excluding diaryl/α,β-unsaturated/α-hetero) is 1. The highest BCUT2D eigenvalue weighted by molar-refractivity contribution is 8.00. The molecule has 1 aliphatic heterocycles. The molecule has 1 saturated heterocycles. The molecule has 2 heterocycles. The van der Waals surface area contributed by atoms with Gasteiger partial charge in [0.15, 0.2) is 15.8 Å². The van der Waals surface area contributed by atoms with E-state index in [2.05, 4.69) is 24.0 Å². The van der Waals surface area contributed by atoms with Crippen molar-refractivity contribution < 1.29 is 24.2 Å². The molecule has 1 aliphatic rings. The number of thioether (sulfide) groups is 1. The minimum absolute atomic E-state index is 0.0464. The normalized spacial score (nSPS) is 16.1. The number of carbonyl (C=O) groups excluding carboxylic acids is 2. The number of benzene rings is 3. The number of aromatic nitrogens is 2. The summed E-state index contributed by atoms with van der Waals surface area (Å²) in [5, 5.41) is 20.9. The first-order valence-corrected chi connectivity index (χ1v) is 16.2. The number of halogens is 1. The van der Waals surface area contributed by atoms with E-state index in [0.29, 0.717) is 50.3 Å². The fourth-order valence-electron chi connectivity index (χ4n) is 4.70. The van der Waals surface area contributed by atoms with Gasteiger partial charge in [-0.2, -0.15) is 0 Å². The summed E-state index contributed by atoms with van der Waals surface area (Å²) in [5.41, 5.74) is 2.86. The van der Waals surface area contributed by atoms with Crippen molar-refractivity contribution in [3.63, 3.8) is 0 Å². The molecule has 0 spiro atoms. The summed E-state index contributed by atoms with van der Waals surface area (Å²) in [6.45, 7) is 6.68. The molecule has 0 aliphatic carbocycles. The lowest BCUT2D eigenvalue weighted by Gasteiger charge is -2.23. The molecule has 0 radical (unpaired) electrons. The van der Waals surface area contributed by atoms with Crippen molar-refractivity contribution in [3.8, 4) is 11.5 Å². The van der Waals surface area contributed by atoms with Crippen LogP contribution in [-0.2, 0) is 15.3 Å². The van der Waals surface area contributed by atoms with Crippen LogP contribution < -0.4 is 14.4 Å². The number of anilines is 1. The Morgan fingerprint density at radius 3 is 2.52 bits per heavy atom. The number of hydrogen-bond donors (Lipinski definition) is 1. The van der Waals surface area contributed by atoms with Crippen LogP contribution in [0, 0.1) is 12.8 Å². The Morgan fingerprint density at radius 1 is 1.07 bits per heavy atom. The summed E-state index contributed by atoms with van der Waals surface area (Å²) in [6, 6.07) is 18.9. The van der Waals surface area contributed by atoms with Gasteiger partial charge in [0.25, 0.3) is 5.78 Å². The summed E-state index contributed by atoms with van der Waals surface area (Å²) >= 11 is 8.94. The van der Waals surface area contributed by atoms with E-state index < -0.39 is 17.7 Å². The molecule has 1 aromatic heterocycles. The summed E-state index contributed by atoms with van der Waals surface area (Å²) in [7, 11) is 1.53. The number of ether oxygens (including phenoxy) is 2. The van der Waals surface area contributed by atoms with Gasteiger partial charge in [-0.15, -0.1) is 10.2 Å².